The minimum Gasteiger partial charge on any atom is -0.361 e. The number of carbonyl (C=O) groups excluding carboxylic acids is 3. The maximum atomic E-state index is 12.6. The summed E-state index contributed by atoms with van der Waals surface area (Å²) in [5, 5.41) is 5.50. The van der Waals surface area contributed by atoms with Gasteiger partial charge in [0.1, 0.15) is 6.04 Å². The molecule has 0 radical (unpaired) electrons. The third-order valence-corrected chi connectivity index (χ3v) is 5.21. The Hall–Kier alpha value is -2.93. The van der Waals surface area contributed by atoms with Crippen LogP contribution in [0.5, 0.6) is 0 Å². The Morgan fingerprint density at radius 3 is 2.80 bits per heavy atom. The van der Waals surface area contributed by atoms with E-state index in [-0.39, 0.29) is 18.2 Å². The van der Waals surface area contributed by atoms with E-state index in [4.69, 9.17) is 0 Å². The average Bonchev–Trinajstić information content (AvgIpc) is 3.33. The summed E-state index contributed by atoms with van der Waals surface area (Å²) in [4.78, 5) is 41.6. The maximum absolute atomic E-state index is 12.6. The third-order valence-electron chi connectivity index (χ3n) is 4.30. The highest BCUT2D eigenvalue weighted by atomic mass is 32.1. The van der Waals surface area contributed by atoms with Crippen LogP contribution in [0.2, 0.25) is 0 Å². The number of aromatic amines is 1. The minimum absolute atomic E-state index is 0.227. The Balaban J connectivity index is 1.50. The molecule has 7 heteroatoms. The number of nitrogens with zero attached hydrogens (tertiary/aromatic N) is 1. The Morgan fingerprint density at radius 2 is 2.00 bits per heavy atom. The zero-order valence-electron chi connectivity index (χ0n) is 13.2. The second kappa shape index (κ2) is 6.18. The van der Waals surface area contributed by atoms with E-state index in [0.717, 1.165) is 21.4 Å². The van der Waals surface area contributed by atoms with Crippen LogP contribution in [-0.4, -0.2) is 40.2 Å². The molecule has 3 heterocycles. The van der Waals surface area contributed by atoms with Gasteiger partial charge in [0, 0.05) is 23.5 Å². The molecule has 3 aromatic rings. The van der Waals surface area contributed by atoms with E-state index in [0.29, 0.717) is 11.3 Å². The predicted octanol–water partition coefficient (Wildman–Crippen LogP) is 2.58. The number of imide groups is 1. The van der Waals surface area contributed by atoms with E-state index in [1.54, 1.807) is 17.5 Å². The van der Waals surface area contributed by atoms with Crippen LogP contribution >= 0.6 is 11.3 Å². The van der Waals surface area contributed by atoms with Gasteiger partial charge < -0.3 is 10.3 Å². The molecular formula is C18H15N3O3S. The van der Waals surface area contributed by atoms with Crippen LogP contribution in [0.15, 0.2) is 48.0 Å². The van der Waals surface area contributed by atoms with Gasteiger partial charge in [0.15, 0.2) is 5.78 Å². The van der Waals surface area contributed by atoms with E-state index in [9.17, 15) is 14.4 Å². The fraction of sp³-hybridized carbons (Fsp3) is 0.167. The zero-order chi connectivity index (χ0) is 17.4. The second-order valence-electron chi connectivity index (χ2n) is 5.89. The number of carbonyl (C=O) groups is 3. The fourth-order valence-electron chi connectivity index (χ4n) is 3.04. The Bertz CT molecular complexity index is 961. The van der Waals surface area contributed by atoms with E-state index in [2.05, 4.69) is 10.3 Å². The molecule has 0 aliphatic carbocycles. The topological polar surface area (TPSA) is 82.3 Å². The average molecular weight is 353 g/mol. The van der Waals surface area contributed by atoms with Crippen molar-refractivity contribution in [2.75, 3.05) is 6.54 Å². The van der Waals surface area contributed by atoms with Gasteiger partial charge in [-0.1, -0.05) is 24.3 Å². The van der Waals surface area contributed by atoms with Gasteiger partial charge in [-0.15, -0.1) is 11.3 Å². The number of rotatable bonds is 5. The molecule has 6 nitrogen and oxygen atoms in total. The van der Waals surface area contributed by atoms with Crippen molar-refractivity contribution in [3.63, 3.8) is 0 Å². The number of nitrogens with one attached hydrogen (secondary N) is 2. The molecule has 0 spiro atoms. The number of thiophene rings is 1. The summed E-state index contributed by atoms with van der Waals surface area (Å²) in [5.74, 6) is -0.591. The fourth-order valence-corrected chi connectivity index (χ4v) is 3.70. The van der Waals surface area contributed by atoms with Crippen molar-refractivity contribution in [3.05, 3.63) is 58.4 Å². The normalized spacial score (nSPS) is 17.3. The Labute approximate surface area is 147 Å². The van der Waals surface area contributed by atoms with Crippen molar-refractivity contribution in [2.45, 2.75) is 12.5 Å². The first-order chi connectivity index (χ1) is 12.1. The number of para-hydroxylation sites is 1. The van der Waals surface area contributed by atoms with Gasteiger partial charge in [-0.05, 0) is 23.1 Å². The van der Waals surface area contributed by atoms with Gasteiger partial charge in [-0.2, -0.15) is 0 Å². The van der Waals surface area contributed by atoms with E-state index in [1.807, 2.05) is 30.5 Å². The van der Waals surface area contributed by atoms with E-state index >= 15 is 0 Å². The van der Waals surface area contributed by atoms with Crippen molar-refractivity contribution < 1.29 is 14.4 Å². The van der Waals surface area contributed by atoms with Gasteiger partial charge in [-0.3, -0.25) is 14.5 Å². The Morgan fingerprint density at radius 1 is 1.16 bits per heavy atom. The van der Waals surface area contributed by atoms with Crippen molar-refractivity contribution in [1.29, 1.82) is 0 Å². The lowest BCUT2D eigenvalue weighted by molar-refractivity contribution is -0.127. The zero-order valence-corrected chi connectivity index (χ0v) is 14.0. The molecule has 1 saturated heterocycles. The molecule has 1 atom stereocenters. The summed E-state index contributed by atoms with van der Waals surface area (Å²) < 4.78 is 0. The molecule has 1 aromatic carbocycles. The lowest BCUT2D eigenvalue weighted by Gasteiger charge is -2.11. The smallest absolute Gasteiger partial charge is 0.325 e. The number of benzene rings is 1. The summed E-state index contributed by atoms with van der Waals surface area (Å²) in [6.07, 6.45) is 2.24. The van der Waals surface area contributed by atoms with Crippen LogP contribution in [0.4, 0.5) is 4.79 Å². The molecule has 0 saturated carbocycles. The van der Waals surface area contributed by atoms with Crippen LogP contribution < -0.4 is 5.32 Å². The summed E-state index contributed by atoms with van der Waals surface area (Å²) in [6, 6.07) is 10.1. The molecule has 1 aliphatic heterocycles. The lowest BCUT2D eigenvalue weighted by atomic mass is 10.1. The molecular weight excluding hydrogens is 338 g/mol. The van der Waals surface area contributed by atoms with E-state index in [1.165, 1.54) is 11.3 Å². The number of Topliss-reactive ketones (excluding diaryl/α,β-unsaturated/α-hetero) is 1. The van der Waals surface area contributed by atoms with Crippen molar-refractivity contribution in [3.8, 4) is 0 Å². The summed E-state index contributed by atoms with van der Waals surface area (Å²) in [6.45, 7) is -0.227. The second-order valence-corrected chi connectivity index (χ2v) is 6.84. The first kappa shape index (κ1) is 15.6. The highest BCUT2D eigenvalue weighted by molar-refractivity contribution is 7.12. The highest BCUT2D eigenvalue weighted by Crippen LogP contribution is 2.21. The molecule has 1 fully saturated rings. The third kappa shape index (κ3) is 2.83. The van der Waals surface area contributed by atoms with Crippen LogP contribution in [0, 0.1) is 0 Å². The molecule has 1 aliphatic rings. The van der Waals surface area contributed by atoms with Crippen molar-refractivity contribution >= 4 is 40.0 Å². The number of aromatic nitrogens is 1. The van der Waals surface area contributed by atoms with E-state index < -0.39 is 12.1 Å². The summed E-state index contributed by atoms with van der Waals surface area (Å²) in [5.41, 5.74) is 1.94. The van der Waals surface area contributed by atoms with Gasteiger partial charge in [0.25, 0.3) is 5.91 Å². The number of urea groups is 1. The predicted molar refractivity (Wildman–Crippen MR) is 94.7 cm³/mol. The number of fused-ring (bicyclic) bond motifs is 1. The minimum atomic E-state index is -0.650. The molecule has 126 valence electrons. The quantitative estimate of drug-likeness (QED) is 0.546. The number of ketones is 1. The number of hydrogen-bond acceptors (Lipinski definition) is 4. The van der Waals surface area contributed by atoms with Gasteiger partial charge in [0.2, 0.25) is 0 Å². The van der Waals surface area contributed by atoms with Crippen LogP contribution in [-0.2, 0) is 11.2 Å². The standard InChI is InChI=1S/C18H15N3O3S/c22-15(16-6-3-7-25-16)10-21-17(23)14(20-18(21)24)8-11-9-19-13-5-2-1-4-12(11)13/h1-7,9,14,19H,8,10H2,(H,20,24). The van der Waals surface area contributed by atoms with Crippen LogP contribution in [0.25, 0.3) is 10.9 Å². The molecule has 2 aromatic heterocycles. The van der Waals surface area contributed by atoms with Crippen molar-refractivity contribution in [2.24, 2.45) is 0 Å². The SMILES string of the molecule is O=C(CN1C(=O)NC(Cc2c[nH]c3ccccc23)C1=O)c1cccs1. The van der Waals surface area contributed by atoms with Crippen LogP contribution in [0.1, 0.15) is 15.2 Å². The summed E-state index contributed by atoms with van der Waals surface area (Å²) >= 11 is 1.30. The first-order valence-corrected chi connectivity index (χ1v) is 8.75. The number of H-pyrrole nitrogens is 1. The maximum Gasteiger partial charge on any atom is 0.325 e. The number of hydrogen-bond donors (Lipinski definition) is 2. The van der Waals surface area contributed by atoms with Gasteiger partial charge >= 0.3 is 6.03 Å². The van der Waals surface area contributed by atoms with Crippen LogP contribution in [0.3, 0.4) is 0 Å². The van der Waals surface area contributed by atoms with Gasteiger partial charge in [-0.25, -0.2) is 4.79 Å². The molecule has 2 N–H and O–H groups in total. The first-order valence-electron chi connectivity index (χ1n) is 7.87. The van der Waals surface area contributed by atoms with Crippen molar-refractivity contribution in [1.82, 2.24) is 15.2 Å². The molecule has 3 amide bonds. The molecule has 4 rings (SSSR count). The molecule has 1 unspecified atom stereocenters. The highest BCUT2D eigenvalue weighted by Gasteiger charge is 2.39. The Kier molecular flexibility index (Phi) is 3.85. The van der Waals surface area contributed by atoms with Gasteiger partial charge in [0.05, 0.1) is 11.4 Å². The lowest BCUT2D eigenvalue weighted by Crippen LogP contribution is -2.36. The molecule has 25 heavy (non-hydrogen) atoms. The molecule has 0 bridgehead atoms. The summed E-state index contributed by atoms with van der Waals surface area (Å²) in [7, 11) is 0. The number of amides is 3. The largest absolute Gasteiger partial charge is 0.361 e. The monoisotopic (exact) mass is 353 g/mol.